The van der Waals surface area contributed by atoms with Crippen LogP contribution in [-0.4, -0.2) is 24.7 Å². The van der Waals surface area contributed by atoms with E-state index in [2.05, 4.69) is 5.32 Å². The van der Waals surface area contributed by atoms with E-state index in [1.54, 1.807) is 12.1 Å². The average molecular weight is 309 g/mol. The van der Waals surface area contributed by atoms with Crippen LogP contribution in [0, 0.1) is 5.82 Å². The fourth-order valence-corrected chi connectivity index (χ4v) is 2.57. The van der Waals surface area contributed by atoms with Crippen molar-refractivity contribution >= 4 is 17.2 Å². The molecule has 2 rings (SSSR count). The summed E-state index contributed by atoms with van der Waals surface area (Å²) in [4.78, 5) is 11.8. The molecule has 0 bridgehead atoms. The molecule has 1 aromatic heterocycles. The third-order valence-electron chi connectivity index (χ3n) is 3.00. The molecule has 1 heterocycles. The van der Waals surface area contributed by atoms with E-state index in [4.69, 9.17) is 4.74 Å². The molecule has 2 N–H and O–H groups in total. The number of nitrogens with one attached hydrogen (secondary N) is 1. The Balaban J connectivity index is 1.86. The number of carbonyl (C=O) groups excluding carboxylic acids is 1. The zero-order valence-electron chi connectivity index (χ0n) is 11.5. The number of ether oxygens (including phenoxy) is 1. The summed E-state index contributed by atoms with van der Waals surface area (Å²) in [6.45, 7) is 0.133. The number of benzene rings is 1. The molecule has 2 aromatic rings. The molecule has 1 unspecified atom stereocenters. The minimum Gasteiger partial charge on any atom is -0.494 e. The van der Waals surface area contributed by atoms with Crippen molar-refractivity contribution in [1.82, 2.24) is 5.32 Å². The Morgan fingerprint density at radius 1 is 1.48 bits per heavy atom. The predicted molar refractivity (Wildman–Crippen MR) is 78.9 cm³/mol. The number of rotatable bonds is 6. The molecule has 0 radical (unpaired) electrons. The SMILES string of the molecule is COc1ccc(CC(=O)NCC(O)c2ccsc2)cc1F. The van der Waals surface area contributed by atoms with Crippen LogP contribution in [0.5, 0.6) is 5.75 Å². The van der Waals surface area contributed by atoms with Crippen molar-refractivity contribution in [3.63, 3.8) is 0 Å². The molecule has 1 aromatic carbocycles. The number of aliphatic hydroxyl groups is 1. The van der Waals surface area contributed by atoms with Gasteiger partial charge in [-0.2, -0.15) is 11.3 Å². The summed E-state index contributed by atoms with van der Waals surface area (Å²) in [7, 11) is 1.39. The molecule has 0 saturated heterocycles. The zero-order valence-corrected chi connectivity index (χ0v) is 12.3. The molecule has 112 valence electrons. The minimum absolute atomic E-state index is 0.0528. The fourth-order valence-electron chi connectivity index (χ4n) is 1.86. The maximum atomic E-state index is 13.5. The molecule has 0 spiro atoms. The first-order valence-electron chi connectivity index (χ1n) is 6.39. The molecule has 0 fully saturated rings. The van der Waals surface area contributed by atoms with Gasteiger partial charge in [0, 0.05) is 6.54 Å². The van der Waals surface area contributed by atoms with Gasteiger partial charge >= 0.3 is 0 Å². The molecule has 4 nitrogen and oxygen atoms in total. The van der Waals surface area contributed by atoms with Crippen molar-refractivity contribution in [1.29, 1.82) is 0 Å². The molecule has 0 saturated carbocycles. The lowest BCUT2D eigenvalue weighted by Gasteiger charge is -2.11. The van der Waals surface area contributed by atoms with Crippen LogP contribution < -0.4 is 10.1 Å². The Hall–Kier alpha value is -1.92. The van der Waals surface area contributed by atoms with Crippen molar-refractivity contribution in [2.45, 2.75) is 12.5 Å². The second-order valence-corrected chi connectivity index (χ2v) is 5.30. The van der Waals surface area contributed by atoms with Gasteiger partial charge in [-0.1, -0.05) is 6.07 Å². The lowest BCUT2D eigenvalue weighted by molar-refractivity contribution is -0.120. The van der Waals surface area contributed by atoms with Gasteiger partial charge in [0.2, 0.25) is 5.91 Å². The van der Waals surface area contributed by atoms with Gasteiger partial charge < -0.3 is 15.2 Å². The van der Waals surface area contributed by atoms with Crippen LogP contribution >= 0.6 is 11.3 Å². The number of hydrogen-bond donors (Lipinski definition) is 2. The Kier molecular flexibility index (Phi) is 5.30. The summed E-state index contributed by atoms with van der Waals surface area (Å²) in [5.74, 6) is -0.623. The summed E-state index contributed by atoms with van der Waals surface area (Å²) >= 11 is 1.48. The number of thiophene rings is 1. The smallest absolute Gasteiger partial charge is 0.224 e. The number of aliphatic hydroxyl groups excluding tert-OH is 1. The van der Waals surface area contributed by atoms with Gasteiger partial charge in [-0.05, 0) is 40.1 Å². The van der Waals surface area contributed by atoms with Crippen molar-refractivity contribution in [2.75, 3.05) is 13.7 Å². The van der Waals surface area contributed by atoms with Gasteiger partial charge in [0.1, 0.15) is 0 Å². The van der Waals surface area contributed by atoms with E-state index in [9.17, 15) is 14.3 Å². The van der Waals surface area contributed by atoms with Crippen LogP contribution in [0.2, 0.25) is 0 Å². The average Bonchev–Trinajstić information content (AvgIpc) is 2.99. The fraction of sp³-hybridized carbons (Fsp3) is 0.267. The van der Waals surface area contributed by atoms with Gasteiger partial charge in [-0.3, -0.25) is 4.79 Å². The maximum Gasteiger partial charge on any atom is 0.224 e. The van der Waals surface area contributed by atoms with Crippen LogP contribution in [0.1, 0.15) is 17.2 Å². The van der Waals surface area contributed by atoms with Crippen LogP contribution in [0.3, 0.4) is 0 Å². The third kappa shape index (κ3) is 4.27. The topological polar surface area (TPSA) is 58.6 Å². The largest absolute Gasteiger partial charge is 0.494 e. The molecule has 1 amide bonds. The molecule has 0 aliphatic rings. The standard InChI is InChI=1S/C15H16FNO3S/c1-20-14-3-2-10(6-12(14)16)7-15(19)17-8-13(18)11-4-5-21-9-11/h2-6,9,13,18H,7-8H2,1H3,(H,17,19). The second kappa shape index (κ2) is 7.19. The van der Waals surface area contributed by atoms with E-state index in [0.717, 1.165) is 5.56 Å². The molecule has 1 atom stereocenters. The normalized spacial score (nSPS) is 12.0. The summed E-state index contributed by atoms with van der Waals surface area (Å²) in [6.07, 6.45) is -0.676. The highest BCUT2D eigenvalue weighted by molar-refractivity contribution is 7.07. The van der Waals surface area contributed by atoms with Crippen LogP contribution in [-0.2, 0) is 11.2 Å². The van der Waals surface area contributed by atoms with Gasteiger partial charge in [0.15, 0.2) is 11.6 Å². The lowest BCUT2D eigenvalue weighted by Crippen LogP contribution is -2.29. The second-order valence-electron chi connectivity index (χ2n) is 4.52. The Morgan fingerprint density at radius 3 is 2.90 bits per heavy atom. The van der Waals surface area contributed by atoms with E-state index < -0.39 is 11.9 Å². The monoisotopic (exact) mass is 309 g/mol. The van der Waals surface area contributed by atoms with E-state index >= 15 is 0 Å². The van der Waals surface area contributed by atoms with Crippen molar-refractivity contribution in [3.8, 4) is 5.75 Å². The first kappa shape index (κ1) is 15.5. The van der Waals surface area contributed by atoms with Gasteiger partial charge in [0.05, 0.1) is 19.6 Å². The van der Waals surface area contributed by atoms with Gasteiger partial charge in [0.25, 0.3) is 0 Å². The first-order chi connectivity index (χ1) is 10.1. The first-order valence-corrected chi connectivity index (χ1v) is 7.33. The quantitative estimate of drug-likeness (QED) is 0.861. The van der Waals surface area contributed by atoms with Crippen molar-refractivity contribution in [3.05, 3.63) is 52.0 Å². The number of halogens is 1. The minimum atomic E-state index is -0.729. The molecule has 0 aliphatic carbocycles. The predicted octanol–water partition coefficient (Wildman–Crippen LogP) is 2.29. The molecular formula is C15H16FNO3S. The van der Waals surface area contributed by atoms with Crippen LogP contribution in [0.4, 0.5) is 4.39 Å². The molecule has 0 aliphatic heterocycles. The lowest BCUT2D eigenvalue weighted by atomic mass is 10.1. The Morgan fingerprint density at radius 2 is 2.29 bits per heavy atom. The Bertz CT molecular complexity index is 601. The van der Waals surface area contributed by atoms with Gasteiger partial charge in [-0.25, -0.2) is 4.39 Å². The zero-order chi connectivity index (χ0) is 15.2. The number of amides is 1. The highest BCUT2D eigenvalue weighted by Gasteiger charge is 2.11. The number of carbonyl (C=O) groups is 1. The van der Waals surface area contributed by atoms with E-state index in [1.165, 1.54) is 30.6 Å². The molecule has 21 heavy (non-hydrogen) atoms. The highest BCUT2D eigenvalue weighted by Crippen LogP contribution is 2.18. The van der Waals surface area contributed by atoms with E-state index in [0.29, 0.717) is 5.56 Å². The molecule has 6 heteroatoms. The van der Waals surface area contributed by atoms with Crippen LogP contribution in [0.25, 0.3) is 0 Å². The van der Waals surface area contributed by atoms with Crippen molar-refractivity contribution < 1.29 is 19.0 Å². The molecular weight excluding hydrogens is 293 g/mol. The summed E-state index contributed by atoms with van der Waals surface area (Å²) in [5.41, 5.74) is 1.33. The van der Waals surface area contributed by atoms with Crippen molar-refractivity contribution in [2.24, 2.45) is 0 Å². The summed E-state index contributed by atoms with van der Waals surface area (Å²) in [6, 6.07) is 6.20. The van der Waals surface area contributed by atoms with Gasteiger partial charge in [-0.15, -0.1) is 0 Å². The van der Waals surface area contributed by atoms with E-state index in [1.807, 2.05) is 10.8 Å². The number of hydrogen-bond acceptors (Lipinski definition) is 4. The Labute approximate surface area is 126 Å². The summed E-state index contributed by atoms with van der Waals surface area (Å²) < 4.78 is 18.3. The summed E-state index contributed by atoms with van der Waals surface area (Å²) in [5, 5.41) is 16.2. The highest BCUT2D eigenvalue weighted by atomic mass is 32.1. The van der Waals surface area contributed by atoms with Crippen LogP contribution in [0.15, 0.2) is 35.0 Å². The third-order valence-corrected chi connectivity index (χ3v) is 3.70. The van der Waals surface area contributed by atoms with E-state index in [-0.39, 0.29) is 24.6 Å². The number of methoxy groups -OCH3 is 1. The maximum absolute atomic E-state index is 13.5.